The van der Waals surface area contributed by atoms with Gasteiger partial charge in [-0.25, -0.2) is 0 Å². The Morgan fingerprint density at radius 1 is 1.16 bits per heavy atom. The summed E-state index contributed by atoms with van der Waals surface area (Å²) in [7, 11) is 1.44. The van der Waals surface area contributed by atoms with Gasteiger partial charge in [-0.1, -0.05) is 30.3 Å². The van der Waals surface area contributed by atoms with E-state index in [4.69, 9.17) is 16.2 Å². The molecule has 1 aromatic carbocycles. The minimum Gasteiger partial charge on any atom is -0.383 e. The van der Waals surface area contributed by atoms with E-state index < -0.39 is 29.8 Å². The molecule has 2 unspecified atom stereocenters. The molecule has 0 aromatic heterocycles. The highest BCUT2D eigenvalue weighted by molar-refractivity contribution is 5.90. The molecule has 0 bridgehead atoms. The minimum atomic E-state index is -0.869. The van der Waals surface area contributed by atoms with E-state index in [0.717, 1.165) is 5.56 Å². The maximum absolute atomic E-state index is 12.3. The van der Waals surface area contributed by atoms with E-state index in [1.807, 2.05) is 30.3 Å². The molecule has 2 atom stereocenters. The number of ether oxygens (including phenoxy) is 1. The van der Waals surface area contributed by atoms with Crippen LogP contribution in [0.3, 0.4) is 0 Å². The van der Waals surface area contributed by atoms with E-state index in [1.54, 1.807) is 0 Å². The zero-order valence-electron chi connectivity index (χ0n) is 14.1. The van der Waals surface area contributed by atoms with Crippen LogP contribution in [0.25, 0.3) is 0 Å². The third-order valence-electron chi connectivity index (χ3n) is 3.27. The van der Waals surface area contributed by atoms with Gasteiger partial charge in [-0.3, -0.25) is 14.4 Å². The number of hydrogen-bond donors (Lipinski definition) is 4. The van der Waals surface area contributed by atoms with Gasteiger partial charge in [0.25, 0.3) is 0 Å². The second-order valence-electron chi connectivity index (χ2n) is 5.32. The van der Waals surface area contributed by atoms with E-state index in [-0.39, 0.29) is 32.0 Å². The van der Waals surface area contributed by atoms with Gasteiger partial charge in [0.2, 0.25) is 17.7 Å². The van der Waals surface area contributed by atoms with Gasteiger partial charge in [-0.05, 0) is 5.56 Å². The van der Waals surface area contributed by atoms with Crippen LogP contribution in [-0.4, -0.2) is 50.1 Å². The van der Waals surface area contributed by atoms with Crippen molar-refractivity contribution in [3.63, 3.8) is 0 Å². The van der Waals surface area contributed by atoms with E-state index in [9.17, 15) is 14.4 Å². The number of rotatable bonds is 10. The fourth-order valence-corrected chi connectivity index (χ4v) is 2.03. The van der Waals surface area contributed by atoms with Crippen LogP contribution >= 0.6 is 12.4 Å². The number of methoxy groups -OCH3 is 1. The van der Waals surface area contributed by atoms with Gasteiger partial charge >= 0.3 is 0 Å². The summed E-state index contributed by atoms with van der Waals surface area (Å²) >= 11 is 0. The average Bonchev–Trinajstić information content (AvgIpc) is 2.54. The van der Waals surface area contributed by atoms with Crippen LogP contribution in [0.1, 0.15) is 12.0 Å². The fourth-order valence-electron chi connectivity index (χ4n) is 2.03. The molecule has 8 nitrogen and oxygen atoms in total. The predicted octanol–water partition coefficient (Wildman–Crippen LogP) is -0.899. The first-order valence-corrected chi connectivity index (χ1v) is 7.59. The number of carbonyl (C=O) groups excluding carboxylic acids is 3. The first-order valence-electron chi connectivity index (χ1n) is 7.59. The molecular weight excluding hydrogens is 348 g/mol. The second kappa shape index (κ2) is 12.2. The van der Waals surface area contributed by atoms with Crippen LogP contribution in [0.5, 0.6) is 0 Å². The Kier molecular flexibility index (Phi) is 11.2. The van der Waals surface area contributed by atoms with Gasteiger partial charge in [0.05, 0.1) is 6.61 Å². The Labute approximate surface area is 153 Å². The van der Waals surface area contributed by atoms with Crippen LogP contribution < -0.4 is 22.1 Å². The SMILES string of the molecule is COCC(N)C(=O)NC(Cc1ccccc1)C(=O)NCCC(N)=O.Cl. The smallest absolute Gasteiger partial charge is 0.242 e. The van der Waals surface area contributed by atoms with Gasteiger partial charge in [-0.15, -0.1) is 12.4 Å². The van der Waals surface area contributed by atoms with Crippen LogP contribution in [0.2, 0.25) is 0 Å². The number of carbonyl (C=O) groups is 3. The highest BCUT2D eigenvalue weighted by Gasteiger charge is 2.24. The van der Waals surface area contributed by atoms with E-state index >= 15 is 0 Å². The molecule has 0 saturated carbocycles. The Bertz CT molecular complexity index is 556. The average molecular weight is 373 g/mol. The molecule has 25 heavy (non-hydrogen) atoms. The van der Waals surface area contributed by atoms with Gasteiger partial charge in [0.1, 0.15) is 12.1 Å². The molecule has 0 fully saturated rings. The second-order valence-corrected chi connectivity index (χ2v) is 5.32. The molecule has 1 aromatic rings. The molecule has 3 amide bonds. The number of nitrogens with one attached hydrogen (secondary N) is 2. The third-order valence-corrected chi connectivity index (χ3v) is 3.27. The molecule has 0 spiro atoms. The van der Waals surface area contributed by atoms with E-state index in [0.29, 0.717) is 6.42 Å². The van der Waals surface area contributed by atoms with Gasteiger partial charge in [-0.2, -0.15) is 0 Å². The van der Waals surface area contributed by atoms with Crippen molar-refractivity contribution < 1.29 is 19.1 Å². The van der Waals surface area contributed by atoms with E-state index in [1.165, 1.54) is 7.11 Å². The van der Waals surface area contributed by atoms with Crippen molar-refractivity contribution in [3.8, 4) is 0 Å². The molecule has 0 heterocycles. The maximum Gasteiger partial charge on any atom is 0.242 e. The lowest BCUT2D eigenvalue weighted by Crippen LogP contribution is -2.53. The highest BCUT2D eigenvalue weighted by atomic mass is 35.5. The first kappa shape index (κ1) is 22.8. The molecular formula is C16H25ClN4O4. The summed E-state index contributed by atoms with van der Waals surface area (Å²) < 4.78 is 4.84. The number of halogens is 1. The molecule has 0 radical (unpaired) electrons. The van der Waals surface area contributed by atoms with Crippen molar-refractivity contribution >= 4 is 30.1 Å². The molecule has 140 valence electrons. The molecule has 0 aliphatic heterocycles. The highest BCUT2D eigenvalue weighted by Crippen LogP contribution is 2.04. The molecule has 6 N–H and O–H groups in total. The summed E-state index contributed by atoms with van der Waals surface area (Å²) in [6.07, 6.45) is 0.329. The fraction of sp³-hybridized carbons (Fsp3) is 0.438. The lowest BCUT2D eigenvalue weighted by atomic mass is 10.0. The van der Waals surface area contributed by atoms with Crippen molar-refractivity contribution in [2.75, 3.05) is 20.3 Å². The Morgan fingerprint density at radius 2 is 1.80 bits per heavy atom. The Balaban J connectivity index is 0.00000576. The summed E-state index contributed by atoms with van der Waals surface area (Å²) in [5.74, 6) is -1.40. The first-order chi connectivity index (χ1) is 11.4. The van der Waals surface area contributed by atoms with Crippen LogP contribution in [-0.2, 0) is 25.5 Å². The lowest BCUT2D eigenvalue weighted by Gasteiger charge is -2.20. The zero-order valence-corrected chi connectivity index (χ0v) is 14.9. The third kappa shape index (κ3) is 9.04. The Morgan fingerprint density at radius 3 is 2.36 bits per heavy atom. The summed E-state index contributed by atoms with van der Waals surface area (Å²) in [6.45, 7) is 0.159. The molecule has 0 aliphatic carbocycles. The zero-order chi connectivity index (χ0) is 17.9. The number of benzene rings is 1. The summed E-state index contributed by atoms with van der Waals surface area (Å²) in [6, 6.07) is 7.57. The maximum atomic E-state index is 12.3. The van der Waals surface area contributed by atoms with Crippen LogP contribution in [0.4, 0.5) is 0 Å². The number of nitrogens with two attached hydrogens (primary N) is 2. The summed E-state index contributed by atoms with van der Waals surface area (Å²) in [5, 5.41) is 5.20. The van der Waals surface area contributed by atoms with Crippen molar-refractivity contribution in [1.82, 2.24) is 10.6 Å². The molecule has 0 saturated heterocycles. The normalized spacial score (nSPS) is 12.4. The van der Waals surface area contributed by atoms with E-state index in [2.05, 4.69) is 10.6 Å². The van der Waals surface area contributed by atoms with Gasteiger partial charge in [0, 0.05) is 26.5 Å². The van der Waals surface area contributed by atoms with Crippen molar-refractivity contribution in [1.29, 1.82) is 0 Å². The molecule has 0 aliphatic rings. The Hall–Kier alpha value is -2.16. The van der Waals surface area contributed by atoms with Gasteiger partial charge in [0.15, 0.2) is 0 Å². The summed E-state index contributed by atoms with van der Waals surface area (Å²) in [4.78, 5) is 35.1. The van der Waals surface area contributed by atoms with Crippen molar-refractivity contribution in [2.45, 2.75) is 24.9 Å². The topological polar surface area (TPSA) is 137 Å². The van der Waals surface area contributed by atoms with Gasteiger partial charge < -0.3 is 26.8 Å². The minimum absolute atomic E-state index is 0. The van der Waals surface area contributed by atoms with Crippen LogP contribution in [0, 0.1) is 0 Å². The summed E-state index contributed by atoms with van der Waals surface area (Å²) in [5.41, 5.74) is 11.6. The number of amides is 3. The van der Waals surface area contributed by atoms with Crippen molar-refractivity contribution in [2.24, 2.45) is 11.5 Å². The predicted molar refractivity (Wildman–Crippen MR) is 96.0 cm³/mol. The number of hydrogen-bond acceptors (Lipinski definition) is 5. The number of primary amides is 1. The monoisotopic (exact) mass is 372 g/mol. The van der Waals surface area contributed by atoms with Crippen LogP contribution in [0.15, 0.2) is 30.3 Å². The molecule has 9 heteroatoms. The van der Waals surface area contributed by atoms with Crippen molar-refractivity contribution in [3.05, 3.63) is 35.9 Å². The largest absolute Gasteiger partial charge is 0.383 e. The lowest BCUT2D eigenvalue weighted by molar-refractivity contribution is -0.130. The molecule has 1 rings (SSSR count). The quantitative estimate of drug-likeness (QED) is 0.422. The standard InChI is InChI=1S/C16H24N4O4.ClH/c1-24-10-12(17)15(22)20-13(9-11-5-3-2-4-6-11)16(23)19-8-7-14(18)21;/h2-6,12-13H,7-10,17H2,1H3,(H2,18,21)(H,19,23)(H,20,22);1H.